The van der Waals surface area contributed by atoms with Crippen LogP contribution in [0.4, 0.5) is 0 Å². The van der Waals surface area contributed by atoms with Crippen molar-refractivity contribution in [1.29, 1.82) is 0 Å². The Morgan fingerprint density at radius 3 is 2.79 bits per heavy atom. The molecule has 0 saturated heterocycles. The van der Waals surface area contributed by atoms with E-state index in [1.165, 1.54) is 32.1 Å². The van der Waals surface area contributed by atoms with E-state index in [-0.39, 0.29) is 5.56 Å². The highest BCUT2D eigenvalue weighted by atomic mass is 32.2. The highest BCUT2D eigenvalue weighted by Crippen LogP contribution is 2.47. The SMILES string of the molecule is CCn1ccc(=O)nc1SCC1CC(C2CCC2)C1. The van der Waals surface area contributed by atoms with Crippen molar-refractivity contribution < 1.29 is 0 Å². The lowest BCUT2D eigenvalue weighted by Gasteiger charge is -2.44. The summed E-state index contributed by atoms with van der Waals surface area (Å²) in [5.74, 6) is 4.03. The molecule has 0 bridgehead atoms. The second-order valence-electron chi connectivity index (χ2n) is 5.93. The molecular weight excluding hydrogens is 256 g/mol. The van der Waals surface area contributed by atoms with Gasteiger partial charge in [0, 0.05) is 24.6 Å². The van der Waals surface area contributed by atoms with E-state index in [4.69, 9.17) is 0 Å². The summed E-state index contributed by atoms with van der Waals surface area (Å²) >= 11 is 1.76. The van der Waals surface area contributed by atoms with E-state index in [0.29, 0.717) is 0 Å². The summed E-state index contributed by atoms with van der Waals surface area (Å²) in [5, 5.41) is 0.891. The zero-order valence-electron chi connectivity index (χ0n) is 11.5. The van der Waals surface area contributed by atoms with Gasteiger partial charge in [0.1, 0.15) is 0 Å². The van der Waals surface area contributed by atoms with E-state index in [2.05, 4.69) is 16.5 Å². The predicted molar refractivity (Wildman–Crippen MR) is 78.5 cm³/mol. The number of rotatable bonds is 5. The molecule has 1 aromatic rings. The van der Waals surface area contributed by atoms with Gasteiger partial charge in [-0.25, -0.2) is 0 Å². The van der Waals surface area contributed by atoms with Gasteiger partial charge in [-0.1, -0.05) is 31.0 Å². The monoisotopic (exact) mass is 278 g/mol. The first-order valence-electron chi connectivity index (χ1n) is 7.46. The van der Waals surface area contributed by atoms with Crippen LogP contribution >= 0.6 is 11.8 Å². The normalized spacial score (nSPS) is 26.8. The van der Waals surface area contributed by atoms with Gasteiger partial charge in [0.15, 0.2) is 5.16 Å². The molecule has 3 nitrogen and oxygen atoms in total. The smallest absolute Gasteiger partial charge is 0.273 e. The number of aromatic nitrogens is 2. The number of hydrogen-bond donors (Lipinski definition) is 0. The minimum atomic E-state index is -0.117. The van der Waals surface area contributed by atoms with E-state index >= 15 is 0 Å². The van der Waals surface area contributed by atoms with Crippen LogP contribution in [0.3, 0.4) is 0 Å². The van der Waals surface area contributed by atoms with Gasteiger partial charge in [-0.3, -0.25) is 4.79 Å². The maximum Gasteiger partial charge on any atom is 0.273 e. The van der Waals surface area contributed by atoms with Crippen molar-refractivity contribution in [2.45, 2.75) is 50.7 Å². The third-order valence-electron chi connectivity index (χ3n) is 4.73. The van der Waals surface area contributed by atoms with Crippen LogP contribution < -0.4 is 5.56 Å². The maximum absolute atomic E-state index is 11.3. The third-order valence-corrected chi connectivity index (χ3v) is 5.95. The Bertz CT molecular complexity index is 489. The summed E-state index contributed by atoms with van der Waals surface area (Å²) < 4.78 is 2.06. The lowest BCUT2D eigenvalue weighted by Crippen LogP contribution is -2.34. The largest absolute Gasteiger partial charge is 0.328 e. The number of aryl methyl sites for hydroxylation is 1. The average Bonchev–Trinajstić information content (AvgIpc) is 2.29. The highest BCUT2D eigenvalue weighted by Gasteiger charge is 2.37. The van der Waals surface area contributed by atoms with Crippen molar-refractivity contribution in [3.05, 3.63) is 22.6 Å². The van der Waals surface area contributed by atoms with Gasteiger partial charge in [-0.2, -0.15) is 4.98 Å². The first kappa shape index (κ1) is 13.2. The molecule has 104 valence electrons. The molecule has 2 aliphatic carbocycles. The van der Waals surface area contributed by atoms with Gasteiger partial charge in [-0.05, 0) is 37.5 Å². The molecule has 3 rings (SSSR count). The fourth-order valence-electron chi connectivity index (χ4n) is 3.18. The topological polar surface area (TPSA) is 34.9 Å². The molecule has 0 aromatic carbocycles. The fourth-order valence-corrected chi connectivity index (χ4v) is 4.35. The van der Waals surface area contributed by atoms with Crippen LogP contribution in [0.2, 0.25) is 0 Å². The standard InChI is InChI=1S/C15H22N2OS/c1-2-17-7-6-14(18)16-15(17)19-10-11-8-13(9-11)12-4-3-5-12/h6-7,11-13H,2-5,8-10H2,1H3. The predicted octanol–water partition coefficient (Wildman–Crippen LogP) is 3.18. The van der Waals surface area contributed by atoms with Gasteiger partial charge >= 0.3 is 0 Å². The number of nitrogens with zero attached hydrogens (tertiary/aromatic N) is 2. The minimum Gasteiger partial charge on any atom is -0.328 e. The first-order valence-corrected chi connectivity index (χ1v) is 8.45. The van der Waals surface area contributed by atoms with Crippen molar-refractivity contribution in [2.24, 2.45) is 17.8 Å². The molecule has 1 heterocycles. The minimum absolute atomic E-state index is 0.117. The summed E-state index contributed by atoms with van der Waals surface area (Å²) in [6.07, 6.45) is 9.06. The van der Waals surface area contributed by atoms with Crippen molar-refractivity contribution >= 4 is 11.8 Å². The molecule has 0 unspecified atom stereocenters. The molecule has 1 aromatic heterocycles. The van der Waals surface area contributed by atoms with Gasteiger partial charge in [-0.15, -0.1) is 0 Å². The molecule has 2 fully saturated rings. The van der Waals surface area contributed by atoms with Crippen LogP contribution in [0.5, 0.6) is 0 Å². The highest BCUT2D eigenvalue weighted by molar-refractivity contribution is 7.99. The van der Waals surface area contributed by atoms with Crippen LogP contribution in [-0.4, -0.2) is 15.3 Å². The molecule has 2 saturated carbocycles. The molecule has 0 spiro atoms. The maximum atomic E-state index is 11.3. The Balaban J connectivity index is 1.50. The lowest BCUT2D eigenvalue weighted by molar-refractivity contribution is 0.0854. The quantitative estimate of drug-likeness (QED) is 0.613. The fraction of sp³-hybridized carbons (Fsp3) is 0.733. The zero-order chi connectivity index (χ0) is 13.2. The Morgan fingerprint density at radius 2 is 2.16 bits per heavy atom. The summed E-state index contributed by atoms with van der Waals surface area (Å²) in [5.41, 5.74) is -0.117. The van der Waals surface area contributed by atoms with Gasteiger partial charge in [0.2, 0.25) is 0 Å². The molecule has 4 heteroatoms. The van der Waals surface area contributed by atoms with Gasteiger partial charge in [0.05, 0.1) is 0 Å². The average molecular weight is 278 g/mol. The Kier molecular flexibility index (Phi) is 3.96. The van der Waals surface area contributed by atoms with E-state index in [1.807, 2.05) is 6.20 Å². The van der Waals surface area contributed by atoms with Crippen molar-refractivity contribution in [2.75, 3.05) is 5.75 Å². The molecule has 19 heavy (non-hydrogen) atoms. The van der Waals surface area contributed by atoms with Crippen molar-refractivity contribution in [1.82, 2.24) is 9.55 Å². The second kappa shape index (κ2) is 5.70. The first-order chi connectivity index (χ1) is 9.26. The van der Waals surface area contributed by atoms with Gasteiger partial charge in [0.25, 0.3) is 5.56 Å². The van der Waals surface area contributed by atoms with Crippen molar-refractivity contribution in [3.63, 3.8) is 0 Å². The van der Waals surface area contributed by atoms with E-state index in [9.17, 15) is 4.79 Å². The van der Waals surface area contributed by atoms with Crippen LogP contribution in [0, 0.1) is 17.8 Å². The summed E-state index contributed by atoms with van der Waals surface area (Å²) in [6.45, 7) is 2.97. The van der Waals surface area contributed by atoms with Crippen LogP contribution in [0.25, 0.3) is 0 Å². The molecule has 0 atom stereocenters. The van der Waals surface area contributed by atoms with E-state index < -0.39 is 0 Å². The zero-order valence-corrected chi connectivity index (χ0v) is 12.4. The Morgan fingerprint density at radius 1 is 1.37 bits per heavy atom. The molecule has 0 amide bonds. The third kappa shape index (κ3) is 2.88. The van der Waals surface area contributed by atoms with Crippen LogP contribution in [-0.2, 0) is 6.54 Å². The van der Waals surface area contributed by atoms with E-state index in [1.54, 1.807) is 17.8 Å². The molecule has 0 radical (unpaired) electrons. The summed E-state index contributed by atoms with van der Waals surface area (Å²) in [4.78, 5) is 15.5. The molecule has 2 aliphatic rings. The van der Waals surface area contributed by atoms with Gasteiger partial charge < -0.3 is 4.57 Å². The Hall–Kier alpha value is -0.770. The van der Waals surface area contributed by atoms with Crippen LogP contribution in [0.15, 0.2) is 22.2 Å². The Labute approximate surface area is 118 Å². The van der Waals surface area contributed by atoms with E-state index in [0.717, 1.165) is 35.2 Å². The van der Waals surface area contributed by atoms with Crippen molar-refractivity contribution in [3.8, 4) is 0 Å². The summed E-state index contributed by atoms with van der Waals surface area (Å²) in [6, 6.07) is 1.55. The second-order valence-corrected chi connectivity index (χ2v) is 6.92. The number of hydrogen-bond acceptors (Lipinski definition) is 3. The lowest BCUT2D eigenvalue weighted by atomic mass is 9.63. The molecule has 0 aliphatic heterocycles. The molecular formula is C15H22N2OS. The van der Waals surface area contributed by atoms with Crippen LogP contribution in [0.1, 0.15) is 39.0 Å². The molecule has 0 N–H and O–H groups in total. The summed E-state index contributed by atoms with van der Waals surface area (Å²) in [7, 11) is 0. The number of thioether (sulfide) groups is 1.